The van der Waals surface area contributed by atoms with Crippen LogP contribution in [0.25, 0.3) is 0 Å². The number of piperidine rings is 1. The Labute approximate surface area is 81.1 Å². The molecule has 0 aliphatic carbocycles. The monoisotopic (exact) mass is 189 g/mol. The Bertz CT molecular complexity index is 117. The van der Waals surface area contributed by atoms with Gasteiger partial charge in [-0.1, -0.05) is 6.42 Å². The first kappa shape index (κ1) is 10.3. The summed E-state index contributed by atoms with van der Waals surface area (Å²) in [5.74, 6) is 0.802. The summed E-state index contributed by atoms with van der Waals surface area (Å²) in [6, 6.07) is 1.55. The second-order valence-corrected chi connectivity index (χ2v) is 4.29. The van der Waals surface area contributed by atoms with Gasteiger partial charge in [0.25, 0.3) is 0 Å². The van der Waals surface area contributed by atoms with Crippen LogP contribution < -0.4 is 0 Å². The first-order valence-corrected chi connectivity index (χ1v) is 5.61. The molecule has 0 radical (unpaired) electrons. The molecule has 0 aromatic heterocycles. The molecule has 0 amide bonds. The van der Waals surface area contributed by atoms with Crippen molar-refractivity contribution in [2.75, 3.05) is 12.4 Å². The van der Waals surface area contributed by atoms with E-state index in [4.69, 9.17) is 11.6 Å². The fourth-order valence-corrected chi connectivity index (χ4v) is 2.28. The van der Waals surface area contributed by atoms with E-state index in [0.29, 0.717) is 0 Å². The minimum Gasteiger partial charge on any atom is -0.298 e. The molecule has 0 saturated carbocycles. The number of alkyl halides is 1. The van der Waals surface area contributed by atoms with Crippen LogP contribution in [-0.2, 0) is 0 Å². The number of halogens is 1. The SMILES string of the molecule is C[C@@H]1CCC[C@H](C)N1CCCCl. The van der Waals surface area contributed by atoms with E-state index in [1.165, 1.54) is 25.8 Å². The fourth-order valence-electron chi connectivity index (χ4n) is 2.16. The number of rotatable bonds is 3. The summed E-state index contributed by atoms with van der Waals surface area (Å²) in [6.07, 6.45) is 5.27. The molecule has 1 aliphatic heterocycles. The molecule has 0 aromatic rings. The molecule has 1 nitrogen and oxygen atoms in total. The fraction of sp³-hybridized carbons (Fsp3) is 1.00. The summed E-state index contributed by atoms with van der Waals surface area (Å²) in [4.78, 5) is 2.60. The molecule has 0 N–H and O–H groups in total. The maximum atomic E-state index is 5.69. The van der Waals surface area contributed by atoms with Crippen molar-refractivity contribution in [2.24, 2.45) is 0 Å². The molecule has 72 valence electrons. The normalized spacial score (nSPS) is 32.2. The quantitative estimate of drug-likeness (QED) is 0.618. The standard InChI is InChI=1S/C10H20ClN/c1-9-5-3-6-10(2)12(9)8-4-7-11/h9-10H,3-8H2,1-2H3/t9-,10+. The van der Waals surface area contributed by atoms with Crippen molar-refractivity contribution < 1.29 is 0 Å². The summed E-state index contributed by atoms with van der Waals surface area (Å²) >= 11 is 5.69. The Hall–Kier alpha value is 0.250. The zero-order valence-corrected chi connectivity index (χ0v) is 8.98. The largest absolute Gasteiger partial charge is 0.298 e. The topological polar surface area (TPSA) is 3.24 Å². The molecule has 1 rings (SSSR count). The highest BCUT2D eigenvalue weighted by atomic mass is 35.5. The Morgan fingerprint density at radius 2 is 1.83 bits per heavy atom. The average molecular weight is 190 g/mol. The lowest BCUT2D eigenvalue weighted by atomic mass is 9.97. The van der Waals surface area contributed by atoms with E-state index < -0.39 is 0 Å². The molecule has 1 fully saturated rings. The summed E-state index contributed by atoms with van der Waals surface area (Å²) in [7, 11) is 0. The second-order valence-electron chi connectivity index (χ2n) is 3.91. The van der Waals surface area contributed by atoms with E-state index >= 15 is 0 Å². The van der Waals surface area contributed by atoms with Gasteiger partial charge in [-0.25, -0.2) is 0 Å². The van der Waals surface area contributed by atoms with Gasteiger partial charge in [0.1, 0.15) is 0 Å². The summed E-state index contributed by atoms with van der Waals surface area (Å²) in [5.41, 5.74) is 0. The highest BCUT2D eigenvalue weighted by Gasteiger charge is 2.23. The lowest BCUT2D eigenvalue weighted by Crippen LogP contribution is -2.44. The van der Waals surface area contributed by atoms with Crippen molar-refractivity contribution in [1.29, 1.82) is 0 Å². The van der Waals surface area contributed by atoms with Crippen molar-refractivity contribution in [1.82, 2.24) is 4.90 Å². The van der Waals surface area contributed by atoms with E-state index in [0.717, 1.165) is 24.4 Å². The first-order chi connectivity index (χ1) is 5.75. The Balaban J connectivity index is 2.34. The van der Waals surface area contributed by atoms with Gasteiger partial charge in [-0.05, 0) is 39.7 Å². The zero-order chi connectivity index (χ0) is 8.97. The number of hydrogen-bond acceptors (Lipinski definition) is 1. The maximum Gasteiger partial charge on any atom is 0.0235 e. The van der Waals surface area contributed by atoms with Crippen molar-refractivity contribution in [3.05, 3.63) is 0 Å². The number of nitrogens with zero attached hydrogens (tertiary/aromatic N) is 1. The summed E-state index contributed by atoms with van der Waals surface area (Å²) in [5, 5.41) is 0. The van der Waals surface area contributed by atoms with Crippen LogP contribution in [0.3, 0.4) is 0 Å². The molecule has 2 atom stereocenters. The maximum absolute atomic E-state index is 5.69. The molecular weight excluding hydrogens is 170 g/mol. The second kappa shape index (κ2) is 5.08. The molecule has 1 saturated heterocycles. The molecule has 2 heteroatoms. The summed E-state index contributed by atoms with van der Waals surface area (Å²) in [6.45, 7) is 5.86. The minimum atomic E-state index is 0.775. The van der Waals surface area contributed by atoms with Crippen LogP contribution in [-0.4, -0.2) is 29.4 Å². The lowest BCUT2D eigenvalue weighted by Gasteiger charge is -2.38. The predicted octanol–water partition coefficient (Wildman–Crippen LogP) is 2.88. The van der Waals surface area contributed by atoms with Crippen molar-refractivity contribution in [3.8, 4) is 0 Å². The van der Waals surface area contributed by atoms with Crippen LogP contribution in [0.15, 0.2) is 0 Å². The van der Waals surface area contributed by atoms with Gasteiger partial charge in [-0.15, -0.1) is 11.6 Å². The van der Waals surface area contributed by atoms with E-state index in [2.05, 4.69) is 18.7 Å². The molecule has 0 spiro atoms. The molecular formula is C10H20ClN. The van der Waals surface area contributed by atoms with Crippen molar-refractivity contribution in [2.45, 2.75) is 51.6 Å². The molecule has 0 bridgehead atoms. The van der Waals surface area contributed by atoms with Crippen LogP contribution in [0, 0.1) is 0 Å². The van der Waals surface area contributed by atoms with Crippen LogP contribution in [0.4, 0.5) is 0 Å². The third kappa shape index (κ3) is 2.63. The van der Waals surface area contributed by atoms with Gasteiger partial charge >= 0.3 is 0 Å². The van der Waals surface area contributed by atoms with Crippen LogP contribution in [0.2, 0.25) is 0 Å². The summed E-state index contributed by atoms with van der Waals surface area (Å²) < 4.78 is 0. The van der Waals surface area contributed by atoms with Gasteiger partial charge in [0.15, 0.2) is 0 Å². The number of hydrogen-bond donors (Lipinski definition) is 0. The van der Waals surface area contributed by atoms with E-state index in [-0.39, 0.29) is 0 Å². The Morgan fingerprint density at radius 3 is 2.33 bits per heavy atom. The molecule has 0 unspecified atom stereocenters. The van der Waals surface area contributed by atoms with Gasteiger partial charge < -0.3 is 0 Å². The van der Waals surface area contributed by atoms with Gasteiger partial charge in [0.2, 0.25) is 0 Å². The van der Waals surface area contributed by atoms with Crippen LogP contribution in [0.5, 0.6) is 0 Å². The third-order valence-corrected chi connectivity index (χ3v) is 3.19. The van der Waals surface area contributed by atoms with E-state index in [1.807, 2.05) is 0 Å². The first-order valence-electron chi connectivity index (χ1n) is 5.07. The van der Waals surface area contributed by atoms with Crippen molar-refractivity contribution >= 4 is 11.6 Å². The molecule has 1 aliphatic rings. The smallest absolute Gasteiger partial charge is 0.0235 e. The lowest BCUT2D eigenvalue weighted by molar-refractivity contribution is 0.104. The highest BCUT2D eigenvalue weighted by molar-refractivity contribution is 6.17. The van der Waals surface area contributed by atoms with Crippen molar-refractivity contribution in [3.63, 3.8) is 0 Å². The minimum absolute atomic E-state index is 0.775. The van der Waals surface area contributed by atoms with E-state index in [1.54, 1.807) is 0 Å². The van der Waals surface area contributed by atoms with Gasteiger partial charge in [0, 0.05) is 18.0 Å². The average Bonchev–Trinajstić information content (AvgIpc) is 2.04. The van der Waals surface area contributed by atoms with E-state index in [9.17, 15) is 0 Å². The molecule has 12 heavy (non-hydrogen) atoms. The zero-order valence-electron chi connectivity index (χ0n) is 8.22. The van der Waals surface area contributed by atoms with Crippen LogP contribution >= 0.6 is 11.6 Å². The molecule has 0 aromatic carbocycles. The van der Waals surface area contributed by atoms with Gasteiger partial charge in [-0.3, -0.25) is 4.90 Å². The highest BCUT2D eigenvalue weighted by Crippen LogP contribution is 2.22. The molecule has 1 heterocycles. The Kier molecular flexibility index (Phi) is 4.38. The third-order valence-electron chi connectivity index (χ3n) is 2.93. The predicted molar refractivity (Wildman–Crippen MR) is 54.8 cm³/mol. The van der Waals surface area contributed by atoms with Gasteiger partial charge in [0.05, 0.1) is 0 Å². The number of likely N-dealkylation sites (tertiary alicyclic amines) is 1. The van der Waals surface area contributed by atoms with Crippen LogP contribution in [0.1, 0.15) is 39.5 Å². The Morgan fingerprint density at radius 1 is 1.25 bits per heavy atom. The van der Waals surface area contributed by atoms with Gasteiger partial charge in [-0.2, -0.15) is 0 Å².